The molecule has 0 unspecified atom stereocenters. The van der Waals surface area contributed by atoms with Crippen LogP contribution in [-0.2, 0) is 4.74 Å². The second-order valence-corrected chi connectivity index (χ2v) is 4.52. The van der Waals surface area contributed by atoms with Crippen molar-refractivity contribution in [2.45, 2.75) is 27.7 Å². The molecule has 9 heteroatoms. The fourth-order valence-electron chi connectivity index (χ4n) is 1.44. The summed E-state index contributed by atoms with van der Waals surface area (Å²) >= 11 is 5.92. The van der Waals surface area contributed by atoms with Crippen molar-refractivity contribution in [3.8, 4) is 0 Å². The summed E-state index contributed by atoms with van der Waals surface area (Å²) in [7, 11) is 2.18. The zero-order valence-corrected chi connectivity index (χ0v) is 17.0. The van der Waals surface area contributed by atoms with Crippen molar-refractivity contribution in [3.05, 3.63) is 63.0 Å². The van der Waals surface area contributed by atoms with Crippen molar-refractivity contribution in [1.29, 1.82) is 0 Å². The number of ether oxygens (including phenoxy) is 1. The van der Waals surface area contributed by atoms with Crippen LogP contribution in [0, 0.1) is 15.9 Å². The van der Waals surface area contributed by atoms with E-state index in [1.807, 2.05) is 27.7 Å². The van der Waals surface area contributed by atoms with Crippen molar-refractivity contribution >= 4 is 29.1 Å². The van der Waals surface area contributed by atoms with Crippen LogP contribution in [0.15, 0.2) is 36.5 Å². The first-order valence-corrected chi connectivity index (χ1v) is 8.55. The molecule has 2 rings (SSSR count). The number of pyridine rings is 1. The Morgan fingerprint density at radius 1 is 1.22 bits per heavy atom. The lowest BCUT2D eigenvalue weighted by Gasteiger charge is -2.08. The minimum Gasteiger partial charge on any atom is -0.465 e. The Labute approximate surface area is 163 Å². The number of carbonyl (C=O) groups is 1. The van der Waals surface area contributed by atoms with Crippen molar-refractivity contribution in [2.24, 2.45) is 0 Å². The SMILES string of the molecule is CC.CC.COC(=O)c1ccc(Nc2cc(F)ccc2Cl)nc1.C[N+](=O)[O-]. The summed E-state index contributed by atoms with van der Waals surface area (Å²) in [5.41, 5.74) is 0.735. The molecular weight excluding hydrogens is 377 g/mol. The van der Waals surface area contributed by atoms with E-state index in [-0.39, 0.29) is 0 Å². The monoisotopic (exact) mass is 401 g/mol. The lowest BCUT2D eigenvalue weighted by molar-refractivity contribution is -0.445. The first-order chi connectivity index (χ1) is 12.8. The van der Waals surface area contributed by atoms with Gasteiger partial charge in [0.2, 0.25) is 0 Å². The summed E-state index contributed by atoms with van der Waals surface area (Å²) in [5.74, 6) is -0.430. The normalized spacial score (nSPS) is 8.44. The maximum Gasteiger partial charge on any atom is 0.339 e. The van der Waals surface area contributed by atoms with Crippen molar-refractivity contribution in [3.63, 3.8) is 0 Å². The molecule has 0 aliphatic carbocycles. The van der Waals surface area contributed by atoms with E-state index in [1.165, 1.54) is 31.5 Å². The minimum atomic E-state index is -0.500. The van der Waals surface area contributed by atoms with Crippen LogP contribution < -0.4 is 5.32 Å². The first-order valence-electron chi connectivity index (χ1n) is 8.18. The highest BCUT2D eigenvalue weighted by Gasteiger charge is 2.07. The third-order valence-electron chi connectivity index (χ3n) is 2.38. The Kier molecular flexibility index (Phi) is 15.2. The number of esters is 1. The van der Waals surface area contributed by atoms with Crippen LogP contribution in [0.25, 0.3) is 0 Å². The molecule has 1 aromatic heterocycles. The number of carbonyl (C=O) groups excluding carboxylic acids is 1. The second-order valence-electron chi connectivity index (χ2n) is 4.11. The molecule has 150 valence electrons. The van der Waals surface area contributed by atoms with Gasteiger partial charge in [0.1, 0.15) is 11.6 Å². The van der Waals surface area contributed by atoms with Gasteiger partial charge in [-0.2, -0.15) is 0 Å². The highest BCUT2D eigenvalue weighted by molar-refractivity contribution is 6.33. The summed E-state index contributed by atoms with van der Waals surface area (Å²) in [6, 6.07) is 7.10. The number of nitrogens with zero attached hydrogens (tertiary/aromatic N) is 2. The van der Waals surface area contributed by atoms with E-state index in [4.69, 9.17) is 21.7 Å². The molecule has 0 bridgehead atoms. The predicted octanol–water partition coefficient (Wildman–Crippen LogP) is 5.35. The second kappa shape index (κ2) is 15.5. The zero-order valence-electron chi connectivity index (χ0n) is 16.2. The number of rotatable bonds is 3. The maximum absolute atomic E-state index is 13.1. The molecule has 0 atom stereocenters. The van der Waals surface area contributed by atoms with Crippen LogP contribution in [0.4, 0.5) is 15.9 Å². The van der Waals surface area contributed by atoms with Gasteiger partial charge in [-0.3, -0.25) is 10.1 Å². The third kappa shape index (κ3) is 11.5. The smallest absolute Gasteiger partial charge is 0.339 e. The third-order valence-corrected chi connectivity index (χ3v) is 2.71. The molecule has 0 amide bonds. The highest BCUT2D eigenvalue weighted by atomic mass is 35.5. The molecule has 2 aromatic rings. The Morgan fingerprint density at radius 2 is 1.78 bits per heavy atom. The molecule has 1 heterocycles. The number of nitro groups is 1. The largest absolute Gasteiger partial charge is 0.465 e. The molecule has 7 nitrogen and oxygen atoms in total. The van der Waals surface area contributed by atoms with Crippen molar-refractivity contribution < 1.29 is 18.8 Å². The first kappa shape index (κ1) is 26.5. The van der Waals surface area contributed by atoms with Gasteiger partial charge in [-0.25, -0.2) is 14.2 Å². The molecule has 0 saturated heterocycles. The number of benzene rings is 1. The molecule has 0 radical (unpaired) electrons. The van der Waals surface area contributed by atoms with Crippen LogP contribution in [0.2, 0.25) is 5.02 Å². The lowest BCUT2D eigenvalue weighted by atomic mass is 10.2. The molecule has 1 N–H and O–H groups in total. The van der Waals surface area contributed by atoms with Crippen LogP contribution in [0.1, 0.15) is 38.1 Å². The predicted molar refractivity (Wildman–Crippen MR) is 106 cm³/mol. The number of methoxy groups -OCH3 is 1. The van der Waals surface area contributed by atoms with Crippen LogP contribution in [0.3, 0.4) is 0 Å². The van der Waals surface area contributed by atoms with E-state index in [2.05, 4.69) is 15.0 Å². The molecule has 0 aliphatic rings. The van der Waals surface area contributed by atoms with Crippen molar-refractivity contribution in [2.75, 3.05) is 19.5 Å². The van der Waals surface area contributed by atoms with Gasteiger partial charge < -0.3 is 10.1 Å². The maximum atomic E-state index is 13.1. The number of aromatic nitrogens is 1. The fraction of sp³-hybridized carbons (Fsp3) is 0.333. The van der Waals surface area contributed by atoms with E-state index in [9.17, 15) is 9.18 Å². The van der Waals surface area contributed by atoms with Gasteiger partial charge in [0.25, 0.3) is 0 Å². The van der Waals surface area contributed by atoms with E-state index in [1.54, 1.807) is 12.1 Å². The van der Waals surface area contributed by atoms with Crippen LogP contribution in [0.5, 0.6) is 0 Å². The summed E-state index contributed by atoms with van der Waals surface area (Å²) in [4.78, 5) is 23.6. The molecule has 0 fully saturated rings. The van der Waals surface area contributed by atoms with Gasteiger partial charge in [0, 0.05) is 11.1 Å². The number of nitrogens with one attached hydrogen (secondary N) is 1. The molecule has 0 saturated carbocycles. The van der Waals surface area contributed by atoms with E-state index >= 15 is 0 Å². The summed E-state index contributed by atoms with van der Waals surface area (Å²) in [5, 5.41) is 12.0. The van der Waals surface area contributed by atoms with Gasteiger partial charge in [0.05, 0.1) is 23.4 Å². The number of halogens is 2. The van der Waals surface area contributed by atoms with Gasteiger partial charge in [-0.05, 0) is 30.3 Å². The number of hydrogen-bond acceptors (Lipinski definition) is 6. The minimum absolute atomic E-state index is 0.332. The topological polar surface area (TPSA) is 94.4 Å². The average molecular weight is 402 g/mol. The highest BCUT2D eigenvalue weighted by Crippen LogP contribution is 2.25. The van der Waals surface area contributed by atoms with E-state index in [0.29, 0.717) is 22.1 Å². The number of anilines is 2. The van der Waals surface area contributed by atoms with Gasteiger partial charge in [0.15, 0.2) is 7.05 Å². The standard InChI is InChI=1S/C13H10ClFN2O2.2C2H6.CH3NO2/c1-19-13(18)8-2-5-12(16-7-8)17-11-6-9(15)3-4-10(11)14;2*1-2;1-2(3)4/h2-7H,1H3,(H,16,17);2*1-2H3;1H3. The molecule has 27 heavy (non-hydrogen) atoms. The Morgan fingerprint density at radius 3 is 2.22 bits per heavy atom. The molecular formula is C18H25ClFN3O4. The van der Waals surface area contributed by atoms with Gasteiger partial charge in [-0.1, -0.05) is 39.3 Å². The number of hydrogen-bond donors (Lipinski definition) is 1. The average Bonchev–Trinajstić information content (AvgIpc) is 2.67. The molecule has 0 aliphatic heterocycles. The summed E-state index contributed by atoms with van der Waals surface area (Å²) < 4.78 is 17.6. The van der Waals surface area contributed by atoms with Crippen LogP contribution >= 0.6 is 11.6 Å². The quantitative estimate of drug-likeness (QED) is 0.423. The zero-order chi connectivity index (χ0) is 21.4. The Balaban J connectivity index is 0. The van der Waals surface area contributed by atoms with Crippen LogP contribution in [-0.4, -0.2) is 30.0 Å². The van der Waals surface area contributed by atoms with E-state index < -0.39 is 16.7 Å². The van der Waals surface area contributed by atoms with Gasteiger partial charge >= 0.3 is 5.97 Å². The van der Waals surface area contributed by atoms with E-state index in [0.717, 1.165) is 7.05 Å². The molecule has 0 spiro atoms. The summed E-state index contributed by atoms with van der Waals surface area (Å²) in [6.45, 7) is 8.00. The lowest BCUT2D eigenvalue weighted by Crippen LogP contribution is -2.02. The Hall–Kier alpha value is -2.74. The van der Waals surface area contributed by atoms with Gasteiger partial charge in [-0.15, -0.1) is 0 Å². The van der Waals surface area contributed by atoms with Crippen molar-refractivity contribution in [1.82, 2.24) is 4.98 Å². The fourth-order valence-corrected chi connectivity index (χ4v) is 1.60. The molecule has 1 aromatic carbocycles. The Bertz CT molecular complexity index is 694. The summed E-state index contributed by atoms with van der Waals surface area (Å²) in [6.07, 6.45) is 1.36.